The number of carbonyl (C=O) groups is 1. The molecule has 0 aromatic heterocycles. The number of rotatable bonds is 4. The molecule has 1 aliphatic rings. The van der Waals surface area contributed by atoms with Crippen molar-refractivity contribution in [2.75, 3.05) is 13.2 Å². The summed E-state index contributed by atoms with van der Waals surface area (Å²) in [7, 11) is 0. The summed E-state index contributed by atoms with van der Waals surface area (Å²) in [6.45, 7) is 7.14. The van der Waals surface area contributed by atoms with Crippen LogP contribution < -0.4 is 10.6 Å². The molecule has 0 aromatic rings. The van der Waals surface area contributed by atoms with Gasteiger partial charge in [0.1, 0.15) is 0 Å². The molecule has 1 rings (SSSR count). The van der Waals surface area contributed by atoms with E-state index >= 15 is 0 Å². The fourth-order valence-electron chi connectivity index (χ4n) is 2.88. The SMILES string of the molecule is CC(C)(C)CC1CCCC(NC(=O)NCCO)C1. The molecule has 4 heteroatoms. The molecule has 2 atom stereocenters. The summed E-state index contributed by atoms with van der Waals surface area (Å²) < 4.78 is 0. The molecule has 1 aliphatic carbocycles. The summed E-state index contributed by atoms with van der Waals surface area (Å²) in [5, 5.41) is 14.3. The maximum Gasteiger partial charge on any atom is 0.315 e. The van der Waals surface area contributed by atoms with Gasteiger partial charge >= 0.3 is 6.03 Å². The van der Waals surface area contributed by atoms with Crippen molar-refractivity contribution < 1.29 is 9.90 Å². The Bertz CT molecular complexity index is 261. The summed E-state index contributed by atoms with van der Waals surface area (Å²) in [4.78, 5) is 11.5. The predicted molar refractivity (Wildman–Crippen MR) is 73.4 cm³/mol. The lowest BCUT2D eigenvalue weighted by Crippen LogP contribution is -2.45. The van der Waals surface area contributed by atoms with E-state index in [9.17, 15) is 4.79 Å². The van der Waals surface area contributed by atoms with Crippen LogP contribution in [0.5, 0.6) is 0 Å². The van der Waals surface area contributed by atoms with Crippen LogP contribution in [0.3, 0.4) is 0 Å². The van der Waals surface area contributed by atoms with Gasteiger partial charge in [0.2, 0.25) is 0 Å². The Morgan fingerprint density at radius 2 is 2.06 bits per heavy atom. The third-order valence-electron chi connectivity index (χ3n) is 3.42. The molecule has 0 aromatic carbocycles. The predicted octanol–water partition coefficient (Wildman–Crippen LogP) is 2.27. The second kappa shape index (κ2) is 6.98. The molecule has 106 valence electrons. The lowest BCUT2D eigenvalue weighted by atomic mass is 9.76. The lowest BCUT2D eigenvalue weighted by Gasteiger charge is -2.33. The van der Waals surface area contributed by atoms with E-state index in [2.05, 4.69) is 31.4 Å². The van der Waals surface area contributed by atoms with Gasteiger partial charge in [0.25, 0.3) is 0 Å². The minimum atomic E-state index is -0.148. The normalized spacial score (nSPS) is 24.7. The van der Waals surface area contributed by atoms with Crippen molar-refractivity contribution in [1.29, 1.82) is 0 Å². The van der Waals surface area contributed by atoms with Crippen molar-refractivity contribution in [3.8, 4) is 0 Å². The van der Waals surface area contributed by atoms with Crippen LogP contribution in [-0.4, -0.2) is 30.3 Å². The highest BCUT2D eigenvalue weighted by Crippen LogP contribution is 2.34. The van der Waals surface area contributed by atoms with E-state index in [1.807, 2.05) is 0 Å². The van der Waals surface area contributed by atoms with Crippen molar-refractivity contribution in [2.45, 2.75) is 58.9 Å². The summed E-state index contributed by atoms with van der Waals surface area (Å²) in [6.07, 6.45) is 5.87. The topological polar surface area (TPSA) is 61.4 Å². The van der Waals surface area contributed by atoms with Crippen LogP contribution in [0.4, 0.5) is 4.79 Å². The molecule has 0 radical (unpaired) electrons. The Labute approximate surface area is 111 Å². The fourth-order valence-corrected chi connectivity index (χ4v) is 2.88. The largest absolute Gasteiger partial charge is 0.395 e. The van der Waals surface area contributed by atoms with Gasteiger partial charge in [-0.05, 0) is 30.6 Å². The van der Waals surface area contributed by atoms with Crippen LogP contribution in [0.15, 0.2) is 0 Å². The summed E-state index contributed by atoms with van der Waals surface area (Å²) >= 11 is 0. The zero-order valence-electron chi connectivity index (χ0n) is 12.0. The standard InChI is InChI=1S/C14H28N2O2/c1-14(2,3)10-11-5-4-6-12(9-11)16-13(18)15-7-8-17/h11-12,17H,4-10H2,1-3H3,(H2,15,16,18). The van der Waals surface area contributed by atoms with E-state index in [4.69, 9.17) is 5.11 Å². The van der Waals surface area contributed by atoms with Crippen LogP contribution in [0.2, 0.25) is 0 Å². The molecule has 1 fully saturated rings. The number of urea groups is 1. The maximum absolute atomic E-state index is 11.5. The Morgan fingerprint density at radius 1 is 1.33 bits per heavy atom. The van der Waals surface area contributed by atoms with Gasteiger partial charge < -0.3 is 15.7 Å². The number of amides is 2. The molecule has 0 bridgehead atoms. The first kappa shape index (κ1) is 15.3. The van der Waals surface area contributed by atoms with Gasteiger partial charge in [-0.1, -0.05) is 33.6 Å². The Hall–Kier alpha value is -0.770. The summed E-state index contributed by atoms with van der Waals surface area (Å²) in [5.41, 5.74) is 0.367. The first-order chi connectivity index (χ1) is 8.40. The summed E-state index contributed by atoms with van der Waals surface area (Å²) in [5.74, 6) is 0.724. The Morgan fingerprint density at radius 3 is 2.67 bits per heavy atom. The Kier molecular flexibility index (Phi) is 5.93. The van der Waals surface area contributed by atoms with Crippen LogP contribution in [-0.2, 0) is 0 Å². The highest BCUT2D eigenvalue weighted by Gasteiger charge is 2.26. The van der Waals surface area contributed by atoms with E-state index in [-0.39, 0.29) is 12.6 Å². The van der Waals surface area contributed by atoms with Gasteiger partial charge in [0.15, 0.2) is 0 Å². The molecule has 2 amide bonds. The van der Waals surface area contributed by atoms with Gasteiger partial charge in [-0.2, -0.15) is 0 Å². The molecule has 0 aliphatic heterocycles. The lowest BCUT2D eigenvalue weighted by molar-refractivity contribution is 0.200. The van der Waals surface area contributed by atoms with E-state index < -0.39 is 0 Å². The highest BCUT2D eigenvalue weighted by molar-refractivity contribution is 5.74. The smallest absolute Gasteiger partial charge is 0.315 e. The quantitative estimate of drug-likeness (QED) is 0.722. The van der Waals surface area contributed by atoms with Crippen LogP contribution in [0, 0.1) is 11.3 Å². The zero-order valence-corrected chi connectivity index (χ0v) is 12.0. The van der Waals surface area contributed by atoms with Crippen molar-refractivity contribution in [3.05, 3.63) is 0 Å². The van der Waals surface area contributed by atoms with Gasteiger partial charge in [0.05, 0.1) is 6.61 Å². The molecule has 4 nitrogen and oxygen atoms in total. The molecule has 18 heavy (non-hydrogen) atoms. The van der Waals surface area contributed by atoms with Gasteiger partial charge in [0, 0.05) is 12.6 Å². The van der Waals surface area contributed by atoms with E-state index in [0.29, 0.717) is 18.0 Å². The van der Waals surface area contributed by atoms with Crippen molar-refractivity contribution in [1.82, 2.24) is 10.6 Å². The Balaban J connectivity index is 2.32. The third kappa shape index (κ3) is 6.24. The molecule has 0 saturated heterocycles. The molecule has 0 spiro atoms. The van der Waals surface area contributed by atoms with Crippen molar-refractivity contribution in [3.63, 3.8) is 0 Å². The van der Waals surface area contributed by atoms with Gasteiger partial charge in [-0.15, -0.1) is 0 Å². The summed E-state index contributed by atoms with van der Waals surface area (Å²) in [6, 6.07) is 0.148. The minimum Gasteiger partial charge on any atom is -0.395 e. The third-order valence-corrected chi connectivity index (χ3v) is 3.42. The molecular formula is C14H28N2O2. The van der Waals surface area contributed by atoms with Gasteiger partial charge in [-0.25, -0.2) is 4.79 Å². The number of nitrogens with one attached hydrogen (secondary N) is 2. The molecule has 3 N–H and O–H groups in total. The monoisotopic (exact) mass is 256 g/mol. The second-order valence-electron chi connectivity index (χ2n) is 6.62. The highest BCUT2D eigenvalue weighted by atomic mass is 16.3. The number of aliphatic hydroxyl groups excluding tert-OH is 1. The first-order valence-electron chi connectivity index (χ1n) is 7.06. The van der Waals surface area contributed by atoms with Gasteiger partial charge in [-0.3, -0.25) is 0 Å². The average Bonchev–Trinajstić information content (AvgIpc) is 2.24. The molecular weight excluding hydrogens is 228 g/mol. The molecule has 0 heterocycles. The van der Waals surface area contributed by atoms with E-state index in [1.165, 1.54) is 19.3 Å². The fraction of sp³-hybridized carbons (Fsp3) is 0.929. The zero-order chi connectivity index (χ0) is 13.6. The molecule has 1 saturated carbocycles. The number of hydrogen-bond donors (Lipinski definition) is 3. The van der Waals surface area contributed by atoms with Crippen LogP contribution in [0.25, 0.3) is 0 Å². The van der Waals surface area contributed by atoms with E-state index in [0.717, 1.165) is 18.8 Å². The van der Waals surface area contributed by atoms with E-state index in [1.54, 1.807) is 0 Å². The number of hydrogen-bond acceptors (Lipinski definition) is 2. The minimum absolute atomic E-state index is 0.00919. The second-order valence-corrected chi connectivity index (χ2v) is 6.62. The van der Waals surface area contributed by atoms with Crippen molar-refractivity contribution in [2.24, 2.45) is 11.3 Å². The van der Waals surface area contributed by atoms with Crippen LogP contribution in [0.1, 0.15) is 52.9 Å². The molecule has 2 unspecified atom stereocenters. The number of aliphatic hydroxyl groups is 1. The number of carbonyl (C=O) groups excluding carboxylic acids is 1. The average molecular weight is 256 g/mol. The van der Waals surface area contributed by atoms with Crippen LogP contribution >= 0.6 is 0 Å². The van der Waals surface area contributed by atoms with Crippen molar-refractivity contribution >= 4 is 6.03 Å². The first-order valence-corrected chi connectivity index (χ1v) is 7.06. The maximum atomic E-state index is 11.5.